The maximum atomic E-state index is 11.3. The average Bonchev–Trinajstić information content (AvgIpc) is 2.88. The Balaban J connectivity index is 3.00. The number of esters is 1. The van der Waals surface area contributed by atoms with Gasteiger partial charge in [-0.05, 0) is 37.6 Å². The quantitative estimate of drug-likeness (QED) is 0.451. The van der Waals surface area contributed by atoms with Crippen molar-refractivity contribution in [2.24, 2.45) is 0 Å². The summed E-state index contributed by atoms with van der Waals surface area (Å²) < 4.78 is 11.3. The summed E-state index contributed by atoms with van der Waals surface area (Å²) in [7, 11) is 0. The summed E-state index contributed by atoms with van der Waals surface area (Å²) in [6, 6.07) is 3.70. The van der Waals surface area contributed by atoms with Gasteiger partial charge in [-0.1, -0.05) is 0 Å². The molecule has 1 rings (SSSR count). The minimum Gasteiger partial charge on any atom is -0.464 e. The van der Waals surface area contributed by atoms with Crippen LogP contribution in [0.1, 0.15) is 12.7 Å². The molecule has 0 aliphatic carbocycles. The van der Waals surface area contributed by atoms with E-state index in [1.54, 1.807) is 42.8 Å². The van der Waals surface area contributed by atoms with Crippen LogP contribution in [0.5, 0.6) is 0 Å². The Morgan fingerprint density at radius 3 is 2.61 bits per heavy atom. The van der Waals surface area contributed by atoms with Crippen molar-refractivity contribution >= 4 is 35.1 Å². The predicted octanol–water partition coefficient (Wildman–Crippen LogP) is 3.79. The van der Waals surface area contributed by atoms with E-state index in [2.05, 4.69) is 0 Å². The van der Waals surface area contributed by atoms with Crippen molar-refractivity contribution in [2.45, 2.75) is 6.92 Å². The molecule has 0 aromatic carbocycles. The van der Waals surface area contributed by atoms with Gasteiger partial charge in [0.05, 0.1) is 17.1 Å². The molecule has 0 fully saturated rings. The first-order chi connectivity index (χ1) is 8.72. The van der Waals surface area contributed by atoms with E-state index in [4.69, 9.17) is 9.15 Å². The lowest BCUT2D eigenvalue weighted by atomic mass is 10.2. The number of carbonyl (C=O) groups is 1. The van der Waals surface area contributed by atoms with Crippen LogP contribution in [0.4, 0.5) is 0 Å². The highest BCUT2D eigenvalue weighted by molar-refractivity contribution is 8.21. The van der Waals surface area contributed by atoms with E-state index in [1.165, 1.54) is 6.08 Å². The number of carbonyl (C=O) groups excluding carboxylic acids is 1. The van der Waals surface area contributed by atoms with Crippen LogP contribution < -0.4 is 0 Å². The van der Waals surface area contributed by atoms with Crippen LogP contribution in [-0.2, 0) is 9.53 Å². The lowest BCUT2D eigenvalue weighted by Gasteiger charge is -2.05. The number of allylic oxidation sites excluding steroid dienone is 2. The molecule has 0 aliphatic rings. The number of hydrogen-bond donors (Lipinski definition) is 0. The van der Waals surface area contributed by atoms with Gasteiger partial charge in [0.25, 0.3) is 0 Å². The van der Waals surface area contributed by atoms with Crippen molar-refractivity contribution in [1.29, 1.82) is 0 Å². The molecule has 18 heavy (non-hydrogen) atoms. The van der Waals surface area contributed by atoms with Crippen LogP contribution in [0, 0.1) is 0 Å². The molecule has 5 heteroatoms. The Kier molecular flexibility index (Phi) is 6.75. The van der Waals surface area contributed by atoms with E-state index >= 15 is 0 Å². The monoisotopic (exact) mass is 284 g/mol. The molecule has 1 aromatic heterocycles. The third-order valence-corrected chi connectivity index (χ3v) is 4.23. The fourth-order valence-electron chi connectivity index (χ4n) is 1.33. The summed E-state index contributed by atoms with van der Waals surface area (Å²) in [5.41, 5.74) is 0.896. The first-order valence-corrected chi connectivity index (χ1v) is 7.88. The molecular formula is C13H16O3S2. The molecule has 0 N–H and O–H groups in total. The molecule has 0 saturated heterocycles. The minimum absolute atomic E-state index is 0.344. The Bertz CT molecular complexity index is 427. The first-order valence-electron chi connectivity index (χ1n) is 5.43. The van der Waals surface area contributed by atoms with Crippen LogP contribution in [0.15, 0.2) is 39.2 Å². The van der Waals surface area contributed by atoms with Gasteiger partial charge in [0.1, 0.15) is 5.76 Å². The summed E-state index contributed by atoms with van der Waals surface area (Å²) in [4.78, 5) is 11.3. The third-order valence-electron chi connectivity index (χ3n) is 2.05. The van der Waals surface area contributed by atoms with Crippen molar-refractivity contribution < 1.29 is 13.9 Å². The van der Waals surface area contributed by atoms with Gasteiger partial charge in [-0.15, -0.1) is 23.5 Å². The normalized spacial score (nSPS) is 10.6. The van der Waals surface area contributed by atoms with Gasteiger partial charge in [-0.3, -0.25) is 0 Å². The van der Waals surface area contributed by atoms with Gasteiger partial charge in [0.2, 0.25) is 0 Å². The number of furan rings is 1. The van der Waals surface area contributed by atoms with Crippen molar-refractivity contribution in [3.8, 4) is 0 Å². The zero-order valence-electron chi connectivity index (χ0n) is 10.6. The highest BCUT2D eigenvalue weighted by atomic mass is 32.2. The number of rotatable bonds is 6. The van der Waals surface area contributed by atoms with Gasteiger partial charge < -0.3 is 9.15 Å². The first kappa shape index (κ1) is 15.0. The van der Waals surface area contributed by atoms with Gasteiger partial charge in [-0.2, -0.15) is 0 Å². The van der Waals surface area contributed by atoms with Crippen molar-refractivity contribution in [1.82, 2.24) is 0 Å². The van der Waals surface area contributed by atoms with E-state index in [0.29, 0.717) is 6.61 Å². The standard InChI is InChI=1S/C13H16O3S2/c1-4-15-12(14)8-7-10(13(17-2)18-3)11-6-5-9-16-11/h5-9H,4H2,1-3H3/b8-7-. The molecule has 0 atom stereocenters. The molecule has 0 saturated carbocycles. The lowest BCUT2D eigenvalue weighted by molar-refractivity contribution is -0.137. The molecule has 98 valence electrons. The predicted molar refractivity (Wildman–Crippen MR) is 78.4 cm³/mol. The highest BCUT2D eigenvalue weighted by Gasteiger charge is 2.09. The van der Waals surface area contributed by atoms with E-state index in [-0.39, 0.29) is 5.97 Å². The van der Waals surface area contributed by atoms with Gasteiger partial charge >= 0.3 is 5.97 Å². The zero-order valence-corrected chi connectivity index (χ0v) is 12.3. The van der Waals surface area contributed by atoms with Crippen LogP contribution in [0.3, 0.4) is 0 Å². The van der Waals surface area contributed by atoms with E-state index in [1.807, 2.05) is 24.6 Å². The van der Waals surface area contributed by atoms with Gasteiger partial charge in [0, 0.05) is 11.6 Å². The Morgan fingerprint density at radius 1 is 1.39 bits per heavy atom. The molecule has 0 bridgehead atoms. The molecule has 3 nitrogen and oxygen atoms in total. The highest BCUT2D eigenvalue weighted by Crippen LogP contribution is 2.34. The van der Waals surface area contributed by atoms with E-state index in [0.717, 1.165) is 15.6 Å². The maximum Gasteiger partial charge on any atom is 0.330 e. The largest absolute Gasteiger partial charge is 0.464 e. The zero-order chi connectivity index (χ0) is 13.4. The number of hydrogen-bond acceptors (Lipinski definition) is 5. The molecule has 0 amide bonds. The van der Waals surface area contributed by atoms with Crippen LogP contribution >= 0.6 is 23.5 Å². The number of thioether (sulfide) groups is 2. The van der Waals surface area contributed by atoms with Crippen molar-refractivity contribution in [2.75, 3.05) is 19.1 Å². The second-order valence-electron chi connectivity index (χ2n) is 3.17. The molecule has 0 spiro atoms. The smallest absolute Gasteiger partial charge is 0.330 e. The molecule has 1 aromatic rings. The topological polar surface area (TPSA) is 39.4 Å². The summed E-state index contributed by atoms with van der Waals surface area (Å²) in [6.07, 6.45) is 8.76. The molecule has 0 aliphatic heterocycles. The SMILES string of the molecule is CCOC(=O)/C=C\C(=C(SC)SC)c1ccco1. The third kappa shape index (κ3) is 4.31. The molecule has 0 unspecified atom stereocenters. The minimum atomic E-state index is -0.344. The summed E-state index contributed by atoms with van der Waals surface area (Å²) in [6.45, 7) is 2.16. The Labute approximate surface area is 116 Å². The summed E-state index contributed by atoms with van der Waals surface area (Å²) >= 11 is 3.24. The van der Waals surface area contributed by atoms with Gasteiger partial charge in [-0.25, -0.2) is 4.79 Å². The van der Waals surface area contributed by atoms with Crippen LogP contribution in [-0.4, -0.2) is 25.1 Å². The second-order valence-corrected chi connectivity index (χ2v) is 5.06. The number of ether oxygens (including phenoxy) is 1. The van der Waals surface area contributed by atoms with Crippen molar-refractivity contribution in [3.63, 3.8) is 0 Å². The summed E-state index contributed by atoms with van der Waals surface area (Å²) in [5, 5.41) is 0. The molecular weight excluding hydrogens is 268 g/mol. The molecule has 1 heterocycles. The average molecular weight is 284 g/mol. The fourth-order valence-corrected chi connectivity index (χ4v) is 2.77. The maximum absolute atomic E-state index is 11.3. The lowest BCUT2D eigenvalue weighted by Crippen LogP contribution is -1.99. The second kappa shape index (κ2) is 8.11. The van der Waals surface area contributed by atoms with E-state index in [9.17, 15) is 4.79 Å². The van der Waals surface area contributed by atoms with E-state index < -0.39 is 0 Å². The van der Waals surface area contributed by atoms with Crippen LogP contribution in [0.2, 0.25) is 0 Å². The molecule has 0 radical (unpaired) electrons. The van der Waals surface area contributed by atoms with Crippen LogP contribution in [0.25, 0.3) is 5.57 Å². The summed E-state index contributed by atoms with van der Waals surface area (Å²) in [5.74, 6) is 0.400. The Morgan fingerprint density at radius 2 is 2.11 bits per heavy atom. The van der Waals surface area contributed by atoms with Gasteiger partial charge in [0.15, 0.2) is 0 Å². The fraction of sp³-hybridized carbons (Fsp3) is 0.308. The van der Waals surface area contributed by atoms with Crippen molar-refractivity contribution in [3.05, 3.63) is 40.5 Å². The Hall–Kier alpha value is -1.07.